The standard InChI is InChI=1S/C15H17FN2.C15H16FNO.C13H15ClN2.C13H16N2.C10H15N.C9H14N2.CH4/c1-15(2,3)14-12(17)8-9-13(18-14)10-4-6-11(16)7-5-10;1-10-9-17-14(8-13(10)15(2,3)18)11-4-6-12(16)7-5-11;1-13(2,3)12-10(15)7-8-6-9(14)4-5-11(8)16-12;1-13(2,3)12-10(14)8-9-6-4-5-7-11(9)15-12;1-10(2,3)8-6-4-5-7-9(8)11;1-9(2,3)8-7(10)5-4-6-11-8;/h4-9H,17H2,1-3H3;4-9,18H,1-3H3;4-7H,15H2,1-3H3;4-8H,14H2,1-3H3;4-7H,11H2,1-3H3;4-6H,10H2,1-3H3;1H4. The van der Waals surface area contributed by atoms with E-state index in [-0.39, 0.29) is 46.1 Å². The first-order valence-corrected chi connectivity index (χ1v) is 30.1. The monoisotopic (exact) mass is 1240 g/mol. The number of fused-ring (bicyclic) bond motifs is 2. The van der Waals surface area contributed by atoms with Crippen LogP contribution in [0.25, 0.3) is 44.3 Å². The quantitative estimate of drug-likeness (QED) is 0.0915. The Labute approximate surface area is 540 Å². The van der Waals surface area contributed by atoms with E-state index in [1.165, 1.54) is 29.8 Å². The summed E-state index contributed by atoms with van der Waals surface area (Å²) in [6, 6.07) is 47.4. The molecular weight excluding hydrogens is 1140 g/mol. The van der Waals surface area contributed by atoms with Crippen molar-refractivity contribution in [1.29, 1.82) is 0 Å². The molecule has 5 aromatic heterocycles. The second-order valence-corrected chi connectivity index (χ2v) is 28.2. The largest absolute Gasteiger partial charge is 0.398 e. The maximum absolute atomic E-state index is 12.9. The molecule has 14 heteroatoms. The lowest BCUT2D eigenvalue weighted by Gasteiger charge is -2.20. The molecule has 90 heavy (non-hydrogen) atoms. The normalized spacial score (nSPS) is 11.6. The number of pyridine rings is 5. The van der Waals surface area contributed by atoms with E-state index in [4.69, 9.17) is 40.3 Å². The third kappa shape index (κ3) is 21.3. The number of aliphatic hydroxyl groups is 1. The van der Waals surface area contributed by atoms with E-state index in [2.05, 4.69) is 135 Å². The number of benzene rings is 5. The van der Waals surface area contributed by atoms with Crippen LogP contribution in [0, 0.1) is 18.6 Å². The molecule has 0 fully saturated rings. The van der Waals surface area contributed by atoms with Gasteiger partial charge in [0.25, 0.3) is 0 Å². The Bertz CT molecular complexity index is 3800. The number of para-hydroxylation sites is 2. The molecule has 10 rings (SSSR count). The molecule has 0 aliphatic rings. The van der Waals surface area contributed by atoms with Crippen molar-refractivity contribution in [2.75, 3.05) is 28.7 Å². The molecule has 0 radical (unpaired) electrons. The van der Waals surface area contributed by atoms with E-state index >= 15 is 0 Å². The summed E-state index contributed by atoms with van der Waals surface area (Å²) in [4.78, 5) is 22.4. The molecule has 0 aliphatic carbocycles. The Morgan fingerprint density at radius 2 is 0.833 bits per heavy atom. The molecule has 0 aliphatic heterocycles. The van der Waals surface area contributed by atoms with Crippen LogP contribution >= 0.6 is 11.6 Å². The van der Waals surface area contributed by atoms with Gasteiger partial charge in [0.1, 0.15) is 11.6 Å². The fourth-order valence-electron chi connectivity index (χ4n) is 9.54. The van der Waals surface area contributed by atoms with Crippen molar-refractivity contribution in [3.8, 4) is 22.5 Å². The number of nitrogens with two attached hydrogens (primary N) is 5. The van der Waals surface area contributed by atoms with Gasteiger partial charge >= 0.3 is 0 Å². The Morgan fingerprint density at radius 3 is 1.30 bits per heavy atom. The minimum atomic E-state index is -0.915. The molecular formula is C76H97ClF2N10O. The summed E-state index contributed by atoms with van der Waals surface area (Å²) in [6.45, 7) is 37.1. The number of hydrogen-bond donors (Lipinski definition) is 6. The number of nitrogen functional groups attached to an aromatic ring is 5. The number of anilines is 5. The van der Waals surface area contributed by atoms with Gasteiger partial charge in [-0.3, -0.25) is 24.9 Å². The molecule has 0 bridgehead atoms. The molecule has 0 saturated heterocycles. The number of rotatable bonds is 3. The van der Waals surface area contributed by atoms with Crippen molar-refractivity contribution in [3.05, 3.63) is 226 Å². The highest BCUT2D eigenvalue weighted by Gasteiger charge is 2.23. The summed E-state index contributed by atoms with van der Waals surface area (Å²) in [6.07, 6.45) is 3.50. The molecule has 11 N–H and O–H groups in total. The van der Waals surface area contributed by atoms with E-state index in [0.717, 1.165) is 101 Å². The van der Waals surface area contributed by atoms with Crippen LogP contribution in [0.2, 0.25) is 5.02 Å². The van der Waals surface area contributed by atoms with Crippen LogP contribution in [0.15, 0.2) is 170 Å². The van der Waals surface area contributed by atoms with Crippen LogP contribution in [0.4, 0.5) is 37.2 Å². The van der Waals surface area contributed by atoms with E-state index in [1.54, 1.807) is 50.5 Å². The molecule has 10 aromatic rings. The number of aryl methyl sites for hydroxylation is 1. The molecule has 0 amide bonds. The summed E-state index contributed by atoms with van der Waals surface area (Å²) in [5.41, 5.74) is 44.5. The minimum Gasteiger partial charge on any atom is -0.398 e. The van der Waals surface area contributed by atoms with E-state index < -0.39 is 5.60 Å². The van der Waals surface area contributed by atoms with Crippen molar-refractivity contribution in [1.82, 2.24) is 24.9 Å². The Morgan fingerprint density at radius 1 is 0.389 bits per heavy atom. The van der Waals surface area contributed by atoms with Gasteiger partial charge in [-0.1, -0.05) is 159 Å². The highest BCUT2D eigenvalue weighted by molar-refractivity contribution is 6.31. The van der Waals surface area contributed by atoms with Gasteiger partial charge in [0.05, 0.1) is 73.5 Å². The van der Waals surface area contributed by atoms with Crippen molar-refractivity contribution in [3.63, 3.8) is 0 Å². The molecule has 0 atom stereocenters. The smallest absolute Gasteiger partial charge is 0.123 e. The van der Waals surface area contributed by atoms with Gasteiger partial charge in [0.2, 0.25) is 0 Å². The Hall–Kier alpha value is -8.52. The molecule has 5 aromatic carbocycles. The van der Waals surface area contributed by atoms with Crippen LogP contribution < -0.4 is 28.7 Å². The Kier molecular flexibility index (Phi) is 24.9. The lowest BCUT2D eigenvalue weighted by atomic mass is 9.86. The van der Waals surface area contributed by atoms with Crippen LogP contribution in [0.5, 0.6) is 0 Å². The number of nitrogens with zero attached hydrogens (tertiary/aromatic N) is 5. The van der Waals surface area contributed by atoms with E-state index in [1.807, 2.05) is 110 Å². The zero-order valence-electron chi connectivity index (χ0n) is 55.4. The van der Waals surface area contributed by atoms with Gasteiger partial charge in [0, 0.05) is 66.7 Å². The second-order valence-electron chi connectivity index (χ2n) is 27.8. The minimum absolute atomic E-state index is 0. The SMILES string of the molecule is C.CC(C)(C)c1ccccc1N.CC(C)(C)c1nc(-c2ccc(F)cc2)ccc1N.CC(C)(C)c1nc2ccc(Cl)cc2cc1N.CC(C)(C)c1nc2ccccc2cc1N.CC(C)(C)c1ncccc1N.Cc1cnc(-c2ccc(F)cc2)cc1C(C)(C)O. The first-order chi connectivity index (χ1) is 41.1. The van der Waals surface area contributed by atoms with Crippen LogP contribution in [-0.4, -0.2) is 30.0 Å². The highest BCUT2D eigenvalue weighted by atomic mass is 35.5. The zero-order chi connectivity index (χ0) is 66.6. The Balaban J connectivity index is 0.000000232. The third-order valence-electron chi connectivity index (χ3n) is 14.0. The summed E-state index contributed by atoms with van der Waals surface area (Å²) < 4.78 is 25.8. The van der Waals surface area contributed by atoms with E-state index in [9.17, 15) is 13.9 Å². The average Bonchev–Trinajstić information content (AvgIpc) is 0.968. The van der Waals surface area contributed by atoms with Gasteiger partial charge in [-0.15, -0.1) is 0 Å². The summed E-state index contributed by atoms with van der Waals surface area (Å²) in [5, 5.41) is 12.9. The molecule has 0 unspecified atom stereocenters. The van der Waals surface area contributed by atoms with Crippen molar-refractivity contribution in [2.45, 2.75) is 165 Å². The van der Waals surface area contributed by atoms with E-state index in [0.29, 0.717) is 10.7 Å². The van der Waals surface area contributed by atoms with Crippen LogP contribution in [0.3, 0.4) is 0 Å². The number of halogens is 3. The topological polar surface area (TPSA) is 215 Å². The van der Waals surface area contributed by atoms with Gasteiger partial charge in [0.15, 0.2) is 0 Å². The first-order valence-electron chi connectivity index (χ1n) is 29.7. The molecule has 0 spiro atoms. The lowest BCUT2D eigenvalue weighted by Crippen LogP contribution is -2.17. The summed E-state index contributed by atoms with van der Waals surface area (Å²) >= 11 is 5.93. The predicted octanol–water partition coefficient (Wildman–Crippen LogP) is 19.2. The maximum Gasteiger partial charge on any atom is 0.123 e. The fraction of sp³-hybridized carbons (Fsp3) is 0.329. The average molecular weight is 1240 g/mol. The first kappa shape index (κ1) is 73.9. The lowest BCUT2D eigenvalue weighted by molar-refractivity contribution is 0.0778. The maximum atomic E-state index is 12.9. The van der Waals surface area contributed by atoms with Gasteiger partial charge in [-0.05, 0) is 164 Å². The van der Waals surface area contributed by atoms with Crippen molar-refractivity contribution < 1.29 is 13.9 Å². The number of hydrogen-bond acceptors (Lipinski definition) is 11. The third-order valence-corrected chi connectivity index (χ3v) is 14.2. The predicted molar refractivity (Wildman–Crippen MR) is 381 cm³/mol. The molecule has 11 nitrogen and oxygen atoms in total. The zero-order valence-corrected chi connectivity index (χ0v) is 56.1. The van der Waals surface area contributed by atoms with Gasteiger partial charge in [-0.25, -0.2) is 8.78 Å². The molecule has 0 saturated carbocycles. The molecule has 478 valence electrons. The second kappa shape index (κ2) is 30.3. The van der Waals surface area contributed by atoms with Crippen LogP contribution in [0.1, 0.15) is 165 Å². The van der Waals surface area contributed by atoms with Gasteiger partial charge < -0.3 is 33.8 Å². The highest BCUT2D eigenvalue weighted by Crippen LogP contribution is 2.34. The van der Waals surface area contributed by atoms with Crippen molar-refractivity contribution >= 4 is 61.8 Å². The van der Waals surface area contributed by atoms with Crippen LogP contribution in [-0.2, 0) is 32.7 Å². The van der Waals surface area contributed by atoms with Gasteiger partial charge in [-0.2, -0.15) is 0 Å². The molecule has 5 heterocycles. The summed E-state index contributed by atoms with van der Waals surface area (Å²) in [5.74, 6) is -0.515. The fourth-order valence-corrected chi connectivity index (χ4v) is 9.72. The summed E-state index contributed by atoms with van der Waals surface area (Å²) in [7, 11) is 0. The number of aromatic nitrogens is 5. The van der Waals surface area contributed by atoms with Crippen molar-refractivity contribution in [2.24, 2.45) is 0 Å².